The van der Waals surface area contributed by atoms with Crippen molar-refractivity contribution in [1.29, 1.82) is 0 Å². The Morgan fingerprint density at radius 1 is 1.20 bits per heavy atom. The molecule has 3 aliphatic rings. The monoisotopic (exact) mass is 279 g/mol. The molecule has 0 aromatic rings. The van der Waals surface area contributed by atoms with Gasteiger partial charge in [0.25, 0.3) is 0 Å². The lowest BCUT2D eigenvalue weighted by molar-refractivity contribution is -0.155. The van der Waals surface area contributed by atoms with E-state index < -0.39 is 0 Å². The minimum absolute atomic E-state index is 0.326. The smallest absolute Gasteiger partial charge is 0.0685 e. The molecule has 1 saturated heterocycles. The Bertz CT molecular complexity index is 313. The van der Waals surface area contributed by atoms with Gasteiger partial charge >= 0.3 is 0 Å². The predicted molar refractivity (Wildman–Crippen MR) is 83.8 cm³/mol. The summed E-state index contributed by atoms with van der Waals surface area (Å²) in [6.45, 7) is 4.65. The van der Waals surface area contributed by atoms with Crippen molar-refractivity contribution in [3.63, 3.8) is 0 Å². The summed E-state index contributed by atoms with van der Waals surface area (Å²) in [4.78, 5) is 0. The van der Waals surface area contributed by atoms with E-state index in [0.29, 0.717) is 5.60 Å². The van der Waals surface area contributed by atoms with Crippen LogP contribution in [0.25, 0.3) is 0 Å². The van der Waals surface area contributed by atoms with Crippen molar-refractivity contribution in [1.82, 2.24) is 5.32 Å². The van der Waals surface area contributed by atoms with Gasteiger partial charge < -0.3 is 10.1 Å². The number of nitrogens with one attached hydrogen (secondary N) is 1. The molecule has 1 aliphatic heterocycles. The highest BCUT2D eigenvalue weighted by molar-refractivity contribution is 4.97. The molecule has 2 saturated carbocycles. The second-order valence-electron chi connectivity index (χ2n) is 7.71. The second kappa shape index (κ2) is 6.36. The Hall–Kier alpha value is -0.0800. The molecule has 2 nitrogen and oxygen atoms in total. The Balaban J connectivity index is 1.67. The quantitative estimate of drug-likeness (QED) is 0.840. The zero-order valence-electron chi connectivity index (χ0n) is 13.5. The fraction of sp³-hybridized carbons (Fsp3) is 1.00. The molecule has 116 valence electrons. The summed E-state index contributed by atoms with van der Waals surface area (Å²) in [6, 6.07) is 0. The standard InChI is InChI=1S/C18H33NO/c1-3-14-5-6-16(13-19-2)17(11-14)15-7-10-20-18(12-15)8-4-9-18/h14-17,19H,3-13H2,1-2H3. The largest absolute Gasteiger partial charge is 0.375 e. The van der Waals surface area contributed by atoms with Gasteiger partial charge in [0.05, 0.1) is 5.60 Å². The average Bonchev–Trinajstić information content (AvgIpc) is 2.46. The highest BCUT2D eigenvalue weighted by Gasteiger charge is 2.46. The van der Waals surface area contributed by atoms with Crippen molar-refractivity contribution < 1.29 is 4.74 Å². The average molecular weight is 279 g/mol. The molecule has 1 N–H and O–H groups in total. The van der Waals surface area contributed by atoms with Crippen molar-refractivity contribution >= 4 is 0 Å². The highest BCUT2D eigenvalue weighted by atomic mass is 16.5. The fourth-order valence-electron chi connectivity index (χ4n) is 5.17. The van der Waals surface area contributed by atoms with Crippen LogP contribution in [0.15, 0.2) is 0 Å². The molecule has 1 spiro atoms. The molecule has 2 aliphatic carbocycles. The van der Waals surface area contributed by atoms with Crippen LogP contribution in [0.3, 0.4) is 0 Å². The van der Waals surface area contributed by atoms with Gasteiger partial charge in [-0.1, -0.05) is 19.8 Å². The van der Waals surface area contributed by atoms with E-state index >= 15 is 0 Å². The van der Waals surface area contributed by atoms with Crippen LogP contribution in [0.2, 0.25) is 0 Å². The van der Waals surface area contributed by atoms with E-state index in [2.05, 4.69) is 19.3 Å². The van der Waals surface area contributed by atoms with Crippen LogP contribution in [-0.2, 0) is 4.74 Å². The molecule has 0 bridgehead atoms. The first kappa shape index (κ1) is 14.8. The third-order valence-corrected chi connectivity index (χ3v) is 6.60. The maximum Gasteiger partial charge on any atom is 0.0685 e. The topological polar surface area (TPSA) is 21.3 Å². The highest BCUT2D eigenvalue weighted by Crippen LogP contribution is 2.50. The summed E-state index contributed by atoms with van der Waals surface area (Å²) >= 11 is 0. The van der Waals surface area contributed by atoms with E-state index in [1.807, 2.05) is 0 Å². The lowest BCUT2D eigenvalue weighted by atomic mass is 9.62. The van der Waals surface area contributed by atoms with Gasteiger partial charge in [0, 0.05) is 6.61 Å². The Morgan fingerprint density at radius 3 is 2.70 bits per heavy atom. The summed E-state index contributed by atoms with van der Waals surface area (Å²) in [5.74, 6) is 3.82. The fourth-order valence-corrected chi connectivity index (χ4v) is 5.17. The van der Waals surface area contributed by atoms with E-state index in [1.165, 1.54) is 64.3 Å². The van der Waals surface area contributed by atoms with Gasteiger partial charge in [-0.15, -0.1) is 0 Å². The van der Waals surface area contributed by atoms with Crippen LogP contribution < -0.4 is 5.32 Å². The van der Waals surface area contributed by atoms with E-state index in [9.17, 15) is 0 Å². The molecule has 0 aromatic carbocycles. The van der Waals surface area contributed by atoms with Crippen molar-refractivity contribution in [2.75, 3.05) is 20.2 Å². The first-order valence-corrected chi connectivity index (χ1v) is 9.05. The summed E-state index contributed by atoms with van der Waals surface area (Å²) in [6.07, 6.45) is 12.6. The predicted octanol–water partition coefficient (Wildman–Crippen LogP) is 4.00. The normalized spacial score (nSPS) is 40.5. The second-order valence-corrected chi connectivity index (χ2v) is 7.71. The molecule has 0 amide bonds. The molecule has 3 rings (SSSR count). The Morgan fingerprint density at radius 2 is 2.05 bits per heavy atom. The van der Waals surface area contributed by atoms with Crippen LogP contribution >= 0.6 is 0 Å². The molecule has 0 radical (unpaired) electrons. The maximum absolute atomic E-state index is 6.16. The SMILES string of the molecule is CCC1CCC(CNC)C(C2CCOC3(CCC3)C2)C1. The number of hydrogen-bond donors (Lipinski definition) is 1. The van der Waals surface area contributed by atoms with E-state index in [0.717, 1.165) is 30.3 Å². The van der Waals surface area contributed by atoms with Crippen molar-refractivity contribution in [3.05, 3.63) is 0 Å². The minimum atomic E-state index is 0.326. The van der Waals surface area contributed by atoms with Gasteiger partial charge in [-0.3, -0.25) is 0 Å². The van der Waals surface area contributed by atoms with Crippen LogP contribution in [-0.4, -0.2) is 25.8 Å². The van der Waals surface area contributed by atoms with Crippen LogP contribution in [0.1, 0.15) is 64.7 Å². The van der Waals surface area contributed by atoms with Gasteiger partial charge in [0.2, 0.25) is 0 Å². The number of rotatable bonds is 4. The lowest BCUT2D eigenvalue weighted by Gasteiger charge is -2.51. The number of ether oxygens (including phenoxy) is 1. The van der Waals surface area contributed by atoms with Gasteiger partial charge in [-0.05, 0) is 82.2 Å². The molecular weight excluding hydrogens is 246 g/mol. The first-order valence-electron chi connectivity index (χ1n) is 9.05. The van der Waals surface area contributed by atoms with Gasteiger partial charge in [-0.2, -0.15) is 0 Å². The molecule has 1 heterocycles. The Labute approximate surface area is 125 Å². The Kier molecular flexibility index (Phi) is 4.72. The third kappa shape index (κ3) is 2.92. The summed E-state index contributed by atoms with van der Waals surface area (Å²) in [5, 5.41) is 3.46. The van der Waals surface area contributed by atoms with E-state index in [-0.39, 0.29) is 0 Å². The molecule has 3 fully saturated rings. The van der Waals surface area contributed by atoms with Crippen molar-refractivity contribution in [2.45, 2.75) is 70.3 Å². The third-order valence-electron chi connectivity index (χ3n) is 6.60. The van der Waals surface area contributed by atoms with Crippen LogP contribution in [0, 0.1) is 23.7 Å². The van der Waals surface area contributed by atoms with Crippen LogP contribution in [0.5, 0.6) is 0 Å². The lowest BCUT2D eigenvalue weighted by Crippen LogP contribution is -2.48. The van der Waals surface area contributed by atoms with Gasteiger partial charge in [0.15, 0.2) is 0 Å². The van der Waals surface area contributed by atoms with Crippen LogP contribution in [0.4, 0.5) is 0 Å². The minimum Gasteiger partial charge on any atom is -0.375 e. The zero-order valence-corrected chi connectivity index (χ0v) is 13.5. The molecular formula is C18H33NO. The zero-order chi connectivity index (χ0) is 14.0. The first-order chi connectivity index (χ1) is 9.76. The van der Waals surface area contributed by atoms with Crippen molar-refractivity contribution in [3.8, 4) is 0 Å². The molecule has 20 heavy (non-hydrogen) atoms. The summed E-state index contributed by atoms with van der Waals surface area (Å²) in [7, 11) is 2.13. The van der Waals surface area contributed by atoms with Gasteiger partial charge in [-0.25, -0.2) is 0 Å². The van der Waals surface area contributed by atoms with E-state index in [1.54, 1.807) is 0 Å². The molecule has 2 heteroatoms. The molecule has 4 unspecified atom stereocenters. The van der Waals surface area contributed by atoms with Crippen molar-refractivity contribution in [2.24, 2.45) is 23.7 Å². The summed E-state index contributed by atoms with van der Waals surface area (Å²) in [5.41, 5.74) is 0.326. The number of hydrogen-bond acceptors (Lipinski definition) is 2. The van der Waals surface area contributed by atoms with E-state index in [4.69, 9.17) is 4.74 Å². The summed E-state index contributed by atoms with van der Waals surface area (Å²) < 4.78 is 6.16. The molecule has 4 atom stereocenters. The van der Waals surface area contributed by atoms with Gasteiger partial charge in [0.1, 0.15) is 0 Å². The molecule has 0 aromatic heterocycles. The maximum atomic E-state index is 6.16.